The van der Waals surface area contributed by atoms with Crippen molar-refractivity contribution in [3.8, 4) is 11.5 Å². The van der Waals surface area contributed by atoms with Crippen molar-refractivity contribution in [2.24, 2.45) is 5.92 Å². The molecule has 0 aromatic heterocycles. The molecule has 2 heterocycles. The molecule has 0 bridgehead atoms. The summed E-state index contributed by atoms with van der Waals surface area (Å²) in [4.78, 5) is 26.5. The molecule has 176 valence electrons. The molecule has 1 unspecified atom stereocenters. The molecule has 0 aliphatic carbocycles. The van der Waals surface area contributed by atoms with E-state index < -0.39 is 5.60 Å². The van der Waals surface area contributed by atoms with Gasteiger partial charge in [-0.2, -0.15) is 0 Å². The van der Waals surface area contributed by atoms with Crippen LogP contribution in [0.1, 0.15) is 54.6 Å². The predicted octanol–water partition coefficient (Wildman–Crippen LogP) is 4.36. The van der Waals surface area contributed by atoms with Gasteiger partial charge >= 0.3 is 6.09 Å². The molecule has 2 aromatic carbocycles. The molecule has 33 heavy (non-hydrogen) atoms. The molecule has 2 amide bonds. The Bertz CT molecular complexity index is 1010. The number of ether oxygens (including phenoxy) is 3. The Hall–Kier alpha value is -3.22. The van der Waals surface area contributed by atoms with Crippen molar-refractivity contribution in [3.05, 3.63) is 59.2 Å². The molecular formula is C26H32N2O5. The number of piperidine rings is 1. The van der Waals surface area contributed by atoms with Crippen molar-refractivity contribution in [3.63, 3.8) is 0 Å². The van der Waals surface area contributed by atoms with Gasteiger partial charge in [0.1, 0.15) is 17.1 Å². The summed E-state index contributed by atoms with van der Waals surface area (Å²) in [7, 11) is 1.65. The number of rotatable bonds is 5. The Morgan fingerprint density at radius 2 is 1.85 bits per heavy atom. The van der Waals surface area contributed by atoms with Gasteiger partial charge < -0.3 is 24.4 Å². The van der Waals surface area contributed by atoms with Crippen LogP contribution >= 0.6 is 0 Å². The van der Waals surface area contributed by atoms with E-state index in [0.29, 0.717) is 37.6 Å². The summed E-state index contributed by atoms with van der Waals surface area (Å²) in [5.41, 5.74) is 2.30. The van der Waals surface area contributed by atoms with Crippen molar-refractivity contribution in [2.75, 3.05) is 26.8 Å². The average molecular weight is 453 g/mol. The number of nitrogens with zero attached hydrogens (tertiary/aromatic N) is 1. The van der Waals surface area contributed by atoms with E-state index in [1.807, 2.05) is 45.0 Å². The Labute approximate surface area is 195 Å². The summed E-state index contributed by atoms with van der Waals surface area (Å²) >= 11 is 0. The molecule has 4 rings (SSSR count). The van der Waals surface area contributed by atoms with Crippen molar-refractivity contribution in [1.82, 2.24) is 10.2 Å². The van der Waals surface area contributed by atoms with Gasteiger partial charge in [0, 0.05) is 31.1 Å². The zero-order valence-electron chi connectivity index (χ0n) is 19.7. The van der Waals surface area contributed by atoms with Gasteiger partial charge in [-0.1, -0.05) is 18.2 Å². The van der Waals surface area contributed by atoms with Crippen molar-refractivity contribution in [1.29, 1.82) is 0 Å². The molecule has 7 nitrogen and oxygen atoms in total. The number of benzene rings is 2. The molecule has 0 radical (unpaired) electrons. The summed E-state index contributed by atoms with van der Waals surface area (Å²) in [6, 6.07) is 13.7. The summed E-state index contributed by atoms with van der Waals surface area (Å²) in [6.45, 7) is 7.77. The number of hydrogen-bond donors (Lipinski definition) is 1. The number of carbonyl (C=O) groups is 2. The first-order chi connectivity index (χ1) is 15.7. The number of hydrogen-bond acceptors (Lipinski definition) is 5. The summed E-state index contributed by atoms with van der Waals surface area (Å²) in [5, 5.41) is 2.83. The number of carbonyl (C=O) groups excluding carboxylic acids is 2. The van der Waals surface area contributed by atoms with Gasteiger partial charge in [0.05, 0.1) is 13.7 Å². The third kappa shape index (κ3) is 5.41. The standard InChI is InChI=1S/C26H32N2O5/c1-26(2,3)33-25(30)28-12-11-22(17-5-8-20(31-4)9-6-17)19(15-28)16-32-21-10-7-18-14-27-24(29)23(18)13-21/h5-10,13,19,22H,11-12,14-16H2,1-4H3,(H,27,29)/t19?,22-/m0/s1. The maximum Gasteiger partial charge on any atom is 0.410 e. The number of nitrogens with one attached hydrogen (secondary N) is 1. The van der Waals surface area contributed by atoms with Crippen LogP contribution in [-0.4, -0.2) is 49.3 Å². The van der Waals surface area contributed by atoms with Gasteiger partial charge in [0.25, 0.3) is 5.91 Å². The highest BCUT2D eigenvalue weighted by molar-refractivity contribution is 5.98. The highest BCUT2D eigenvalue weighted by Gasteiger charge is 2.35. The van der Waals surface area contributed by atoms with Crippen molar-refractivity contribution < 1.29 is 23.8 Å². The second-order valence-electron chi connectivity index (χ2n) is 9.67. The maximum absolute atomic E-state index is 12.7. The third-order valence-corrected chi connectivity index (χ3v) is 6.16. The average Bonchev–Trinajstić information content (AvgIpc) is 3.16. The molecule has 0 spiro atoms. The minimum Gasteiger partial charge on any atom is -0.497 e. The first-order valence-electron chi connectivity index (χ1n) is 11.4. The monoisotopic (exact) mass is 452 g/mol. The van der Waals surface area contributed by atoms with Crippen LogP contribution < -0.4 is 14.8 Å². The maximum atomic E-state index is 12.7. The fraction of sp³-hybridized carbons (Fsp3) is 0.462. The summed E-state index contributed by atoms with van der Waals surface area (Å²) in [6.07, 6.45) is 0.515. The highest BCUT2D eigenvalue weighted by atomic mass is 16.6. The van der Waals surface area contributed by atoms with Crippen LogP contribution in [0, 0.1) is 5.92 Å². The number of methoxy groups -OCH3 is 1. The fourth-order valence-electron chi connectivity index (χ4n) is 4.47. The molecule has 0 saturated carbocycles. The molecule has 2 aliphatic heterocycles. The Morgan fingerprint density at radius 3 is 2.55 bits per heavy atom. The molecule has 7 heteroatoms. The number of likely N-dealkylation sites (tertiary alicyclic amines) is 1. The highest BCUT2D eigenvalue weighted by Crippen LogP contribution is 2.35. The molecule has 1 N–H and O–H groups in total. The van der Waals surface area contributed by atoms with E-state index >= 15 is 0 Å². The molecule has 2 aliphatic rings. The van der Waals surface area contributed by atoms with E-state index in [1.165, 1.54) is 5.56 Å². The van der Waals surface area contributed by atoms with Crippen LogP contribution in [0.2, 0.25) is 0 Å². The minimum absolute atomic E-state index is 0.0691. The van der Waals surface area contributed by atoms with Gasteiger partial charge in [0.15, 0.2) is 0 Å². The molecule has 2 aromatic rings. The molecule has 1 fully saturated rings. The zero-order valence-corrected chi connectivity index (χ0v) is 19.7. The lowest BCUT2D eigenvalue weighted by atomic mass is 9.81. The quantitative estimate of drug-likeness (QED) is 0.730. The van der Waals surface area contributed by atoms with Gasteiger partial charge in [0.2, 0.25) is 0 Å². The van der Waals surface area contributed by atoms with E-state index in [-0.39, 0.29) is 23.8 Å². The van der Waals surface area contributed by atoms with E-state index in [2.05, 4.69) is 17.4 Å². The first kappa shape index (κ1) is 23.0. The molecule has 2 atom stereocenters. The van der Waals surface area contributed by atoms with Crippen molar-refractivity contribution in [2.45, 2.75) is 45.3 Å². The smallest absolute Gasteiger partial charge is 0.410 e. The van der Waals surface area contributed by atoms with Crippen LogP contribution in [-0.2, 0) is 11.3 Å². The topological polar surface area (TPSA) is 77.1 Å². The van der Waals surface area contributed by atoms with Crippen LogP contribution in [0.15, 0.2) is 42.5 Å². The van der Waals surface area contributed by atoms with Crippen LogP contribution in [0.5, 0.6) is 11.5 Å². The Morgan fingerprint density at radius 1 is 1.12 bits per heavy atom. The van der Waals surface area contributed by atoms with E-state index in [9.17, 15) is 9.59 Å². The predicted molar refractivity (Wildman–Crippen MR) is 125 cm³/mol. The minimum atomic E-state index is -0.541. The van der Waals surface area contributed by atoms with Gasteiger partial charge in [-0.05, 0) is 68.5 Å². The van der Waals surface area contributed by atoms with Gasteiger partial charge in [-0.15, -0.1) is 0 Å². The van der Waals surface area contributed by atoms with E-state index in [1.54, 1.807) is 18.1 Å². The SMILES string of the molecule is COc1ccc([C@@H]2CCN(C(=O)OC(C)(C)C)CC2COc2ccc3c(c2)C(=O)NC3)cc1. The number of amides is 2. The lowest BCUT2D eigenvalue weighted by Gasteiger charge is -2.39. The lowest BCUT2D eigenvalue weighted by Crippen LogP contribution is -2.46. The second-order valence-corrected chi connectivity index (χ2v) is 9.67. The lowest BCUT2D eigenvalue weighted by molar-refractivity contribution is 0.0111. The van der Waals surface area contributed by atoms with Crippen LogP contribution in [0.3, 0.4) is 0 Å². The van der Waals surface area contributed by atoms with Gasteiger partial charge in [-0.25, -0.2) is 4.79 Å². The van der Waals surface area contributed by atoms with Crippen molar-refractivity contribution >= 4 is 12.0 Å². The fourth-order valence-corrected chi connectivity index (χ4v) is 4.47. The van der Waals surface area contributed by atoms with Crippen LogP contribution in [0.25, 0.3) is 0 Å². The largest absolute Gasteiger partial charge is 0.497 e. The van der Waals surface area contributed by atoms with Crippen LogP contribution in [0.4, 0.5) is 4.79 Å². The first-order valence-corrected chi connectivity index (χ1v) is 11.4. The summed E-state index contributed by atoms with van der Waals surface area (Å²) in [5.74, 6) is 1.71. The normalized spacial score (nSPS) is 20.1. The number of fused-ring (bicyclic) bond motifs is 1. The zero-order chi connectivity index (χ0) is 23.6. The van der Waals surface area contributed by atoms with Gasteiger partial charge in [-0.3, -0.25) is 4.79 Å². The van der Waals surface area contributed by atoms with E-state index in [4.69, 9.17) is 14.2 Å². The molecule has 1 saturated heterocycles. The third-order valence-electron chi connectivity index (χ3n) is 6.16. The van der Waals surface area contributed by atoms with E-state index in [0.717, 1.165) is 17.7 Å². The Balaban J connectivity index is 1.51. The second kappa shape index (κ2) is 9.33. The summed E-state index contributed by atoms with van der Waals surface area (Å²) < 4.78 is 17.1. The Kier molecular flexibility index (Phi) is 6.49. The molecular weight excluding hydrogens is 420 g/mol.